The molecule has 0 aliphatic carbocycles. The summed E-state index contributed by atoms with van der Waals surface area (Å²) in [4.78, 5) is 23.3. The summed E-state index contributed by atoms with van der Waals surface area (Å²) >= 11 is 0. The predicted molar refractivity (Wildman–Crippen MR) is 90.8 cm³/mol. The van der Waals surface area contributed by atoms with Gasteiger partial charge in [-0.2, -0.15) is 0 Å². The van der Waals surface area contributed by atoms with Crippen LogP contribution < -0.4 is 0 Å². The first-order valence-electron chi connectivity index (χ1n) is 9.67. The summed E-state index contributed by atoms with van der Waals surface area (Å²) in [5.74, 6) is -0.637. The van der Waals surface area contributed by atoms with Gasteiger partial charge in [-0.25, -0.2) is 0 Å². The molecule has 8 heteroatoms. The van der Waals surface area contributed by atoms with Crippen molar-refractivity contribution >= 4 is 11.9 Å². The number of aliphatic hydroxyl groups is 1. The smallest absolute Gasteiger partial charge is 0.308 e. The van der Waals surface area contributed by atoms with Crippen LogP contribution in [0.25, 0.3) is 0 Å². The molecule has 0 spiro atoms. The Morgan fingerprint density at radius 2 is 1.93 bits per heavy atom. The number of carbonyl (C=O) groups is 2. The van der Waals surface area contributed by atoms with Crippen molar-refractivity contribution in [2.75, 3.05) is 7.11 Å². The van der Waals surface area contributed by atoms with Gasteiger partial charge in [0.05, 0.1) is 55.6 Å². The van der Waals surface area contributed by atoms with Crippen molar-refractivity contribution in [1.82, 2.24) is 0 Å². The highest BCUT2D eigenvalue weighted by molar-refractivity contribution is 5.72. The summed E-state index contributed by atoms with van der Waals surface area (Å²) in [6, 6.07) is 0. The third-order valence-corrected chi connectivity index (χ3v) is 6.42. The van der Waals surface area contributed by atoms with Crippen LogP contribution in [0.2, 0.25) is 0 Å². The minimum atomic E-state index is -1.20. The maximum Gasteiger partial charge on any atom is 0.308 e. The zero-order valence-electron chi connectivity index (χ0n) is 16.0. The van der Waals surface area contributed by atoms with E-state index in [-0.39, 0.29) is 49.3 Å². The van der Waals surface area contributed by atoms with Gasteiger partial charge in [-0.15, -0.1) is 0 Å². The third kappa shape index (κ3) is 3.48. The fourth-order valence-electron chi connectivity index (χ4n) is 5.05. The lowest BCUT2D eigenvalue weighted by atomic mass is 9.74. The van der Waals surface area contributed by atoms with Crippen LogP contribution in [0.1, 0.15) is 52.4 Å². The summed E-state index contributed by atoms with van der Waals surface area (Å²) in [5, 5.41) is 10.9. The fraction of sp³-hybridized carbons (Fsp3) is 0.895. The number of hydrogen-bond acceptors (Lipinski definition) is 8. The molecular formula is C19H28O8. The largest absolute Gasteiger partial charge is 0.469 e. The number of esters is 2. The highest BCUT2D eigenvalue weighted by Gasteiger charge is 2.58. The van der Waals surface area contributed by atoms with Gasteiger partial charge < -0.3 is 28.8 Å². The average molecular weight is 384 g/mol. The van der Waals surface area contributed by atoms with E-state index >= 15 is 0 Å². The maximum absolute atomic E-state index is 11.7. The Labute approximate surface area is 158 Å². The van der Waals surface area contributed by atoms with Crippen molar-refractivity contribution in [3.05, 3.63) is 0 Å². The van der Waals surface area contributed by atoms with Gasteiger partial charge in [-0.3, -0.25) is 9.59 Å². The van der Waals surface area contributed by atoms with Crippen molar-refractivity contribution < 1.29 is 38.4 Å². The van der Waals surface area contributed by atoms with Crippen LogP contribution in [-0.2, 0) is 33.3 Å². The zero-order chi connectivity index (χ0) is 19.4. The van der Waals surface area contributed by atoms with Crippen molar-refractivity contribution in [2.45, 2.75) is 100 Å². The molecule has 4 fully saturated rings. The molecule has 4 aliphatic rings. The predicted octanol–water partition coefficient (Wildman–Crippen LogP) is 0.869. The summed E-state index contributed by atoms with van der Waals surface area (Å²) in [7, 11) is 1.32. The first-order valence-corrected chi connectivity index (χ1v) is 9.67. The van der Waals surface area contributed by atoms with Crippen LogP contribution in [0.15, 0.2) is 0 Å². The van der Waals surface area contributed by atoms with Gasteiger partial charge in [0.2, 0.25) is 0 Å². The lowest BCUT2D eigenvalue weighted by molar-refractivity contribution is -0.310. The molecule has 0 unspecified atom stereocenters. The van der Waals surface area contributed by atoms with Crippen molar-refractivity contribution in [3.8, 4) is 0 Å². The van der Waals surface area contributed by atoms with Crippen LogP contribution in [0.5, 0.6) is 0 Å². The normalized spacial score (nSPS) is 49.3. The Bertz CT molecular complexity index is 619. The van der Waals surface area contributed by atoms with Gasteiger partial charge >= 0.3 is 11.9 Å². The first-order chi connectivity index (χ1) is 12.7. The summed E-state index contributed by atoms with van der Waals surface area (Å²) < 4.78 is 28.8. The maximum atomic E-state index is 11.7. The summed E-state index contributed by atoms with van der Waals surface area (Å²) in [6.45, 7) is 3.62. The van der Waals surface area contributed by atoms with E-state index in [1.54, 1.807) is 6.92 Å². The van der Waals surface area contributed by atoms with E-state index in [1.807, 2.05) is 6.92 Å². The number of hydrogen-bond donors (Lipinski definition) is 1. The topological polar surface area (TPSA) is 101 Å². The molecule has 0 aromatic heterocycles. The standard InChI is InChI=1S/C19H28O8/c1-18(22)9-19(2)15(26-14(18)8-16(20)23-3)6-12-11(27-19)5-4-10-13(24-12)7-17(21)25-10/h10-15,22H,4-9H2,1-3H3/t10-,11+,12-,13+,14-,15+,18+,19-/m0/s1. The third-order valence-electron chi connectivity index (χ3n) is 6.42. The van der Waals surface area contributed by atoms with Gasteiger partial charge in [0.25, 0.3) is 0 Å². The Morgan fingerprint density at radius 3 is 2.67 bits per heavy atom. The molecule has 0 bridgehead atoms. The Morgan fingerprint density at radius 1 is 1.19 bits per heavy atom. The molecule has 4 saturated heterocycles. The van der Waals surface area contributed by atoms with Crippen LogP contribution >= 0.6 is 0 Å². The number of rotatable bonds is 2. The van der Waals surface area contributed by atoms with E-state index in [1.165, 1.54) is 7.11 Å². The van der Waals surface area contributed by atoms with Crippen LogP contribution in [0.4, 0.5) is 0 Å². The highest BCUT2D eigenvalue weighted by Crippen LogP contribution is 2.47. The second-order valence-corrected chi connectivity index (χ2v) is 8.66. The second kappa shape index (κ2) is 6.69. The molecule has 4 rings (SSSR count). The molecule has 0 radical (unpaired) electrons. The van der Waals surface area contributed by atoms with Gasteiger partial charge in [-0.1, -0.05) is 0 Å². The molecule has 1 N–H and O–H groups in total. The van der Waals surface area contributed by atoms with E-state index in [0.717, 1.165) is 6.42 Å². The number of methoxy groups -OCH3 is 1. The van der Waals surface area contributed by atoms with Gasteiger partial charge in [0.15, 0.2) is 0 Å². The number of fused-ring (bicyclic) bond motifs is 3. The second-order valence-electron chi connectivity index (χ2n) is 8.66. The summed E-state index contributed by atoms with van der Waals surface area (Å²) in [5.41, 5.74) is -1.87. The monoisotopic (exact) mass is 384 g/mol. The Kier molecular flexibility index (Phi) is 4.73. The van der Waals surface area contributed by atoms with Crippen LogP contribution in [0, 0.1) is 0 Å². The number of carbonyl (C=O) groups excluding carboxylic acids is 2. The fourth-order valence-corrected chi connectivity index (χ4v) is 5.05. The van der Waals surface area contributed by atoms with Crippen LogP contribution in [-0.4, -0.2) is 72.0 Å². The van der Waals surface area contributed by atoms with Gasteiger partial charge in [0, 0.05) is 12.8 Å². The minimum absolute atomic E-state index is 0.0158. The van der Waals surface area contributed by atoms with Crippen molar-refractivity contribution in [3.63, 3.8) is 0 Å². The quantitative estimate of drug-likeness (QED) is 0.700. The molecule has 4 heterocycles. The van der Waals surface area contributed by atoms with Gasteiger partial charge in [-0.05, 0) is 26.7 Å². The minimum Gasteiger partial charge on any atom is -0.469 e. The van der Waals surface area contributed by atoms with E-state index in [4.69, 9.17) is 23.7 Å². The lowest BCUT2D eigenvalue weighted by Crippen LogP contribution is -2.66. The van der Waals surface area contributed by atoms with E-state index in [9.17, 15) is 14.7 Å². The molecule has 4 aliphatic heterocycles. The molecule has 0 aromatic carbocycles. The molecule has 8 atom stereocenters. The SMILES string of the molecule is COC(=O)C[C@@H]1O[C@@H]2C[C@@H]3O[C@@H]4CC(=O)O[C@H]4CC[C@H]3O[C@@]2(C)C[C@@]1(C)O. The molecule has 8 nitrogen and oxygen atoms in total. The van der Waals surface area contributed by atoms with E-state index < -0.39 is 23.3 Å². The molecule has 0 amide bonds. The van der Waals surface area contributed by atoms with Gasteiger partial charge in [0.1, 0.15) is 12.2 Å². The average Bonchev–Trinajstić information content (AvgIpc) is 2.85. The summed E-state index contributed by atoms with van der Waals surface area (Å²) in [6.07, 6.45) is 0.881. The van der Waals surface area contributed by atoms with Crippen molar-refractivity contribution in [2.24, 2.45) is 0 Å². The number of ether oxygens (including phenoxy) is 5. The molecule has 0 saturated carbocycles. The lowest BCUT2D eigenvalue weighted by Gasteiger charge is -2.55. The van der Waals surface area contributed by atoms with E-state index in [0.29, 0.717) is 19.3 Å². The zero-order valence-corrected chi connectivity index (χ0v) is 16.0. The molecular weight excluding hydrogens is 356 g/mol. The van der Waals surface area contributed by atoms with E-state index in [2.05, 4.69) is 0 Å². The molecule has 0 aromatic rings. The van der Waals surface area contributed by atoms with Crippen molar-refractivity contribution in [1.29, 1.82) is 0 Å². The Balaban J connectivity index is 1.51. The molecule has 27 heavy (non-hydrogen) atoms. The highest BCUT2D eigenvalue weighted by atomic mass is 16.6. The Hall–Kier alpha value is -1.22. The molecule has 152 valence electrons. The first kappa shape index (κ1) is 19.1. The van der Waals surface area contributed by atoms with Crippen LogP contribution in [0.3, 0.4) is 0 Å².